The van der Waals surface area contributed by atoms with Crippen LogP contribution in [0.5, 0.6) is 5.75 Å². The largest absolute Gasteiger partial charge is 0.493 e. The first-order valence-corrected chi connectivity index (χ1v) is 8.52. The molecule has 0 amide bonds. The van der Waals surface area contributed by atoms with E-state index in [1.54, 1.807) is 11.3 Å². The normalized spacial score (nSPS) is 14.4. The van der Waals surface area contributed by atoms with E-state index in [0.717, 1.165) is 23.6 Å². The maximum Gasteiger partial charge on any atom is 0.119 e. The Morgan fingerprint density at radius 3 is 2.67 bits per heavy atom. The minimum atomic E-state index is 0.614. The lowest BCUT2D eigenvalue weighted by molar-refractivity contribution is 0.321. The summed E-state index contributed by atoms with van der Waals surface area (Å²) in [6, 6.07) is 8.33. The average Bonchev–Trinajstić information content (AvgIpc) is 3.29. The van der Waals surface area contributed by atoms with Gasteiger partial charge in [0, 0.05) is 23.8 Å². The summed E-state index contributed by atoms with van der Waals surface area (Å²) < 4.78 is 5.80. The summed E-state index contributed by atoms with van der Waals surface area (Å²) in [5, 5.41) is 1.16. The summed E-state index contributed by atoms with van der Waals surface area (Å²) in [5.74, 6) is 1.61. The van der Waals surface area contributed by atoms with Gasteiger partial charge in [-0.15, -0.1) is 11.3 Å². The van der Waals surface area contributed by atoms with Gasteiger partial charge in [0.05, 0.1) is 17.3 Å². The molecular weight excluding hydrogens is 280 g/mol. The van der Waals surface area contributed by atoms with Gasteiger partial charge >= 0.3 is 0 Å². The van der Waals surface area contributed by atoms with E-state index in [1.165, 1.54) is 29.0 Å². The minimum Gasteiger partial charge on any atom is -0.493 e. The molecule has 3 nitrogen and oxygen atoms in total. The molecule has 112 valence electrons. The van der Waals surface area contributed by atoms with Crippen LogP contribution in [0.3, 0.4) is 0 Å². The molecule has 0 bridgehead atoms. The first-order valence-electron chi connectivity index (χ1n) is 7.70. The van der Waals surface area contributed by atoms with E-state index in [1.807, 2.05) is 12.1 Å². The lowest BCUT2D eigenvalue weighted by atomic mass is 10.2. The van der Waals surface area contributed by atoms with Gasteiger partial charge in [-0.25, -0.2) is 4.98 Å². The number of benzene rings is 1. The van der Waals surface area contributed by atoms with Crippen LogP contribution >= 0.6 is 11.3 Å². The zero-order valence-corrected chi connectivity index (χ0v) is 13.3. The molecule has 3 rings (SSSR count). The fraction of sp³-hybridized carbons (Fsp3) is 0.471. The van der Waals surface area contributed by atoms with Crippen LogP contribution < -0.4 is 10.5 Å². The molecule has 2 aromatic rings. The number of ether oxygens (including phenoxy) is 1. The summed E-state index contributed by atoms with van der Waals surface area (Å²) in [5.41, 5.74) is 8.41. The first kappa shape index (κ1) is 14.5. The Hall–Kier alpha value is -1.39. The van der Waals surface area contributed by atoms with Crippen molar-refractivity contribution in [1.82, 2.24) is 4.98 Å². The van der Waals surface area contributed by atoms with Gasteiger partial charge in [0.1, 0.15) is 5.75 Å². The highest BCUT2D eigenvalue weighted by molar-refractivity contribution is 7.11. The maximum atomic E-state index is 5.82. The SMILES string of the molecule is CCc1ccc(OCCc2nc(C3CC3)c(CN)s2)cc1. The van der Waals surface area contributed by atoms with Gasteiger partial charge in [0.25, 0.3) is 0 Å². The Morgan fingerprint density at radius 2 is 2.05 bits per heavy atom. The Balaban J connectivity index is 1.54. The molecule has 0 spiro atoms. The van der Waals surface area contributed by atoms with Gasteiger partial charge < -0.3 is 10.5 Å². The van der Waals surface area contributed by atoms with Crippen LogP contribution in [-0.2, 0) is 19.4 Å². The molecule has 0 atom stereocenters. The van der Waals surface area contributed by atoms with E-state index in [4.69, 9.17) is 15.5 Å². The number of nitrogens with two attached hydrogens (primary N) is 1. The van der Waals surface area contributed by atoms with Crippen LogP contribution in [0.25, 0.3) is 0 Å². The Labute approximate surface area is 130 Å². The molecule has 1 aromatic heterocycles. The molecule has 1 aromatic carbocycles. The third-order valence-electron chi connectivity index (χ3n) is 3.84. The lowest BCUT2D eigenvalue weighted by Crippen LogP contribution is -2.01. The quantitative estimate of drug-likeness (QED) is 0.849. The van der Waals surface area contributed by atoms with Gasteiger partial charge in [-0.05, 0) is 37.0 Å². The predicted molar refractivity (Wildman–Crippen MR) is 87.0 cm³/mol. The molecule has 1 aliphatic carbocycles. The highest BCUT2D eigenvalue weighted by Gasteiger charge is 2.29. The third-order valence-corrected chi connectivity index (χ3v) is 4.99. The van der Waals surface area contributed by atoms with E-state index in [-0.39, 0.29) is 0 Å². The van der Waals surface area contributed by atoms with Crippen molar-refractivity contribution >= 4 is 11.3 Å². The van der Waals surface area contributed by atoms with Crippen molar-refractivity contribution in [2.75, 3.05) is 6.61 Å². The summed E-state index contributed by atoms with van der Waals surface area (Å²) in [6.45, 7) is 3.45. The average molecular weight is 302 g/mol. The molecule has 0 saturated heterocycles. The summed E-state index contributed by atoms with van der Waals surface area (Å²) in [6.07, 6.45) is 4.47. The molecule has 21 heavy (non-hydrogen) atoms. The van der Waals surface area contributed by atoms with E-state index >= 15 is 0 Å². The van der Waals surface area contributed by atoms with Crippen molar-refractivity contribution in [3.05, 3.63) is 45.4 Å². The second kappa shape index (κ2) is 6.58. The standard InChI is InChI=1S/C17H22N2OS/c1-2-12-3-7-14(8-4-12)20-10-9-16-19-17(13-5-6-13)15(11-18)21-16/h3-4,7-8,13H,2,5-6,9-11,18H2,1H3. The van der Waals surface area contributed by atoms with Gasteiger partial charge in [0.2, 0.25) is 0 Å². The second-order valence-corrected chi connectivity index (χ2v) is 6.66. The van der Waals surface area contributed by atoms with Gasteiger partial charge in [-0.2, -0.15) is 0 Å². The molecule has 0 aliphatic heterocycles. The van der Waals surface area contributed by atoms with Crippen molar-refractivity contribution in [2.45, 2.75) is 45.1 Å². The third kappa shape index (κ3) is 3.63. The Kier molecular flexibility index (Phi) is 4.56. The van der Waals surface area contributed by atoms with Crippen molar-refractivity contribution in [1.29, 1.82) is 0 Å². The molecule has 4 heteroatoms. The highest BCUT2D eigenvalue weighted by Crippen LogP contribution is 2.42. The van der Waals surface area contributed by atoms with Crippen molar-refractivity contribution in [2.24, 2.45) is 5.73 Å². The number of aromatic nitrogens is 1. The Morgan fingerprint density at radius 1 is 1.29 bits per heavy atom. The summed E-state index contributed by atoms with van der Waals surface area (Å²) >= 11 is 1.75. The van der Waals surface area contributed by atoms with Crippen LogP contribution in [0, 0.1) is 0 Å². The van der Waals surface area contributed by atoms with E-state index in [9.17, 15) is 0 Å². The van der Waals surface area contributed by atoms with E-state index < -0.39 is 0 Å². The number of rotatable bonds is 7. The van der Waals surface area contributed by atoms with Crippen LogP contribution in [0.15, 0.2) is 24.3 Å². The molecule has 1 saturated carbocycles. The lowest BCUT2D eigenvalue weighted by Gasteiger charge is -2.05. The van der Waals surface area contributed by atoms with Crippen molar-refractivity contribution in [3.8, 4) is 5.75 Å². The predicted octanol–water partition coefficient (Wildman–Crippen LogP) is 3.66. The molecule has 2 N–H and O–H groups in total. The first-order chi connectivity index (χ1) is 10.3. The van der Waals surface area contributed by atoms with E-state index in [2.05, 4.69) is 19.1 Å². The number of aryl methyl sites for hydroxylation is 1. The highest BCUT2D eigenvalue weighted by atomic mass is 32.1. The second-order valence-electron chi connectivity index (χ2n) is 5.49. The van der Waals surface area contributed by atoms with Gasteiger partial charge in [-0.1, -0.05) is 19.1 Å². The zero-order chi connectivity index (χ0) is 14.7. The number of thiazole rings is 1. The number of hydrogen-bond acceptors (Lipinski definition) is 4. The zero-order valence-electron chi connectivity index (χ0n) is 12.5. The molecule has 0 radical (unpaired) electrons. The topological polar surface area (TPSA) is 48.1 Å². The van der Waals surface area contributed by atoms with Crippen LogP contribution in [0.1, 0.15) is 46.8 Å². The maximum absolute atomic E-state index is 5.82. The number of hydrogen-bond donors (Lipinski definition) is 1. The molecule has 0 unspecified atom stereocenters. The minimum absolute atomic E-state index is 0.614. The smallest absolute Gasteiger partial charge is 0.119 e. The van der Waals surface area contributed by atoms with E-state index in [0.29, 0.717) is 19.1 Å². The van der Waals surface area contributed by atoms with Crippen LogP contribution in [0.4, 0.5) is 0 Å². The number of nitrogens with zero attached hydrogens (tertiary/aromatic N) is 1. The molecule has 1 aliphatic rings. The van der Waals surface area contributed by atoms with Crippen molar-refractivity contribution < 1.29 is 4.74 Å². The molecule has 1 fully saturated rings. The Bertz CT molecular complexity index is 587. The summed E-state index contributed by atoms with van der Waals surface area (Å²) in [7, 11) is 0. The summed E-state index contributed by atoms with van der Waals surface area (Å²) in [4.78, 5) is 6.02. The molecule has 1 heterocycles. The van der Waals surface area contributed by atoms with Gasteiger partial charge in [0.15, 0.2) is 0 Å². The van der Waals surface area contributed by atoms with Crippen LogP contribution in [0.2, 0.25) is 0 Å². The fourth-order valence-corrected chi connectivity index (χ4v) is 3.43. The van der Waals surface area contributed by atoms with Crippen LogP contribution in [-0.4, -0.2) is 11.6 Å². The van der Waals surface area contributed by atoms with Gasteiger partial charge in [-0.3, -0.25) is 0 Å². The molecular formula is C17H22N2OS. The van der Waals surface area contributed by atoms with Crippen molar-refractivity contribution in [3.63, 3.8) is 0 Å². The monoisotopic (exact) mass is 302 g/mol. The fourth-order valence-electron chi connectivity index (χ4n) is 2.42.